The number of nitrogens with zero attached hydrogens (tertiary/aromatic N) is 1. The van der Waals surface area contributed by atoms with Crippen molar-refractivity contribution in [2.45, 2.75) is 26.4 Å². The Kier molecular flexibility index (Phi) is 5.31. The molecule has 0 aliphatic carbocycles. The molecule has 3 aromatic rings. The molecule has 0 radical (unpaired) electrons. The van der Waals surface area contributed by atoms with Crippen LogP contribution in [0.5, 0.6) is 0 Å². The summed E-state index contributed by atoms with van der Waals surface area (Å²) in [5, 5.41) is 0.894. The van der Waals surface area contributed by atoms with Crippen molar-refractivity contribution >= 4 is 22.8 Å². The van der Waals surface area contributed by atoms with Crippen molar-refractivity contribution < 1.29 is 18.7 Å². The van der Waals surface area contributed by atoms with E-state index in [2.05, 4.69) is 0 Å². The molecular weight excluding hydrogens is 342 g/mol. The second-order valence-electron chi connectivity index (χ2n) is 6.88. The molecule has 0 fully saturated rings. The molecule has 0 unspecified atom stereocenters. The zero-order valence-corrected chi connectivity index (χ0v) is 16.0. The minimum Gasteiger partial charge on any atom is -0.464 e. The van der Waals surface area contributed by atoms with Gasteiger partial charge in [-0.25, -0.2) is 0 Å². The Bertz CT molecular complexity index is 973. The summed E-state index contributed by atoms with van der Waals surface area (Å²) in [6, 6.07) is 13.0. The van der Waals surface area contributed by atoms with Gasteiger partial charge in [0.15, 0.2) is 0 Å². The zero-order valence-electron chi connectivity index (χ0n) is 16.0. The first-order valence-corrected chi connectivity index (χ1v) is 8.79. The average molecular weight is 365 g/mol. The average Bonchev–Trinajstić information content (AvgIpc) is 3.01. The van der Waals surface area contributed by atoms with Gasteiger partial charge in [-0.2, -0.15) is 0 Å². The van der Waals surface area contributed by atoms with Crippen molar-refractivity contribution in [3.05, 3.63) is 71.0 Å². The molecule has 0 saturated heterocycles. The first kappa shape index (κ1) is 18.7. The Morgan fingerprint density at radius 1 is 1.07 bits per heavy atom. The van der Waals surface area contributed by atoms with E-state index >= 15 is 0 Å². The van der Waals surface area contributed by atoms with E-state index < -0.39 is 12.1 Å². The van der Waals surface area contributed by atoms with Crippen molar-refractivity contribution in [1.29, 1.82) is 0 Å². The van der Waals surface area contributed by atoms with Gasteiger partial charge in [0, 0.05) is 30.6 Å². The molecule has 0 N–H and O–H groups in total. The van der Waals surface area contributed by atoms with E-state index in [-0.39, 0.29) is 12.3 Å². The number of amides is 1. The number of hydrogen-bond acceptors (Lipinski definition) is 4. The quantitative estimate of drug-likeness (QED) is 0.642. The Hall–Kier alpha value is -3.08. The predicted molar refractivity (Wildman–Crippen MR) is 103 cm³/mol. The van der Waals surface area contributed by atoms with Crippen LogP contribution in [0.1, 0.15) is 28.4 Å². The van der Waals surface area contributed by atoms with Gasteiger partial charge < -0.3 is 14.1 Å². The Morgan fingerprint density at radius 2 is 1.74 bits per heavy atom. The van der Waals surface area contributed by atoms with Crippen LogP contribution >= 0.6 is 0 Å². The van der Waals surface area contributed by atoms with Gasteiger partial charge >= 0.3 is 5.97 Å². The molecule has 0 spiro atoms. The summed E-state index contributed by atoms with van der Waals surface area (Å²) in [5.41, 5.74) is 4.40. The molecule has 140 valence electrons. The van der Waals surface area contributed by atoms with Crippen LogP contribution in [0.2, 0.25) is 0 Å². The van der Waals surface area contributed by atoms with E-state index in [9.17, 15) is 9.59 Å². The van der Waals surface area contributed by atoms with Gasteiger partial charge in [0.05, 0.1) is 12.7 Å². The Morgan fingerprint density at radius 3 is 2.41 bits per heavy atom. The molecule has 5 nitrogen and oxygen atoms in total. The van der Waals surface area contributed by atoms with Crippen LogP contribution < -0.4 is 0 Å². The highest BCUT2D eigenvalue weighted by Gasteiger charge is 2.27. The maximum atomic E-state index is 12.6. The van der Waals surface area contributed by atoms with Crippen LogP contribution in [0.15, 0.2) is 53.1 Å². The van der Waals surface area contributed by atoms with Gasteiger partial charge in [0.2, 0.25) is 6.10 Å². The monoisotopic (exact) mass is 365 g/mol. The molecule has 1 atom stereocenters. The number of carbonyl (C=O) groups excluding carboxylic acids is 2. The number of aryl methyl sites for hydroxylation is 2. The summed E-state index contributed by atoms with van der Waals surface area (Å²) < 4.78 is 11.1. The number of fused-ring (bicyclic) bond motifs is 1. The molecule has 1 aromatic heterocycles. The minimum atomic E-state index is -0.962. The lowest BCUT2D eigenvalue weighted by Gasteiger charge is -2.21. The fourth-order valence-electron chi connectivity index (χ4n) is 2.93. The van der Waals surface area contributed by atoms with Crippen LogP contribution in [0, 0.1) is 13.8 Å². The smallest absolute Gasteiger partial charge is 0.311 e. The molecule has 5 heteroatoms. The second-order valence-corrected chi connectivity index (χ2v) is 6.88. The van der Waals surface area contributed by atoms with Crippen LogP contribution in [-0.2, 0) is 20.7 Å². The number of esters is 1. The molecular formula is C22H23NO4. The minimum absolute atomic E-state index is 0.0412. The lowest BCUT2D eigenvalue weighted by Crippen LogP contribution is -2.31. The first-order valence-electron chi connectivity index (χ1n) is 8.79. The van der Waals surface area contributed by atoms with Crippen LogP contribution in [-0.4, -0.2) is 30.9 Å². The third kappa shape index (κ3) is 4.03. The van der Waals surface area contributed by atoms with E-state index in [1.807, 2.05) is 44.2 Å². The van der Waals surface area contributed by atoms with Crippen molar-refractivity contribution in [3.8, 4) is 0 Å². The van der Waals surface area contributed by atoms with E-state index in [4.69, 9.17) is 9.15 Å². The van der Waals surface area contributed by atoms with E-state index in [0.717, 1.165) is 27.7 Å². The fraction of sp³-hybridized carbons (Fsp3) is 0.273. The van der Waals surface area contributed by atoms with Gasteiger partial charge in [-0.1, -0.05) is 30.3 Å². The molecule has 27 heavy (non-hydrogen) atoms. The van der Waals surface area contributed by atoms with Crippen molar-refractivity contribution in [3.63, 3.8) is 0 Å². The highest BCUT2D eigenvalue weighted by Crippen LogP contribution is 2.26. The number of hydrogen-bond donors (Lipinski definition) is 0. The van der Waals surface area contributed by atoms with Gasteiger partial charge in [-0.3, -0.25) is 9.59 Å². The number of benzene rings is 2. The second kappa shape index (κ2) is 7.66. The van der Waals surface area contributed by atoms with Crippen LogP contribution in [0.25, 0.3) is 11.0 Å². The summed E-state index contributed by atoms with van der Waals surface area (Å²) in [6.45, 7) is 4.04. The third-order valence-electron chi connectivity index (χ3n) is 4.62. The van der Waals surface area contributed by atoms with Gasteiger partial charge in [-0.05, 0) is 37.1 Å². The number of carbonyl (C=O) groups is 2. The highest BCUT2D eigenvalue weighted by atomic mass is 16.5. The molecule has 2 aromatic carbocycles. The Labute approximate surface area is 158 Å². The molecule has 0 aliphatic rings. The number of rotatable bonds is 5. The van der Waals surface area contributed by atoms with E-state index in [1.54, 1.807) is 32.5 Å². The number of likely N-dealkylation sites (N-methyl/N-ethyl adjacent to an activating group) is 1. The standard InChI is InChI=1S/C22H23NO4/c1-14-10-18-17(13-26-19(18)11-15(14)2)12-20(24)27-21(22(25)23(3)4)16-8-6-5-7-9-16/h5-11,13,21H,12H2,1-4H3/t21-/m0/s1. The van der Waals surface area contributed by atoms with Crippen molar-refractivity contribution in [2.24, 2.45) is 0 Å². The topological polar surface area (TPSA) is 59.8 Å². The van der Waals surface area contributed by atoms with Gasteiger partial charge in [0.1, 0.15) is 5.58 Å². The van der Waals surface area contributed by atoms with Crippen molar-refractivity contribution in [2.75, 3.05) is 14.1 Å². The maximum absolute atomic E-state index is 12.6. The van der Waals surface area contributed by atoms with Crippen LogP contribution in [0.3, 0.4) is 0 Å². The van der Waals surface area contributed by atoms with E-state index in [0.29, 0.717) is 5.56 Å². The van der Waals surface area contributed by atoms with Crippen molar-refractivity contribution in [1.82, 2.24) is 4.90 Å². The van der Waals surface area contributed by atoms with Crippen LogP contribution in [0.4, 0.5) is 0 Å². The molecule has 3 rings (SSSR count). The summed E-state index contributed by atoms with van der Waals surface area (Å²) >= 11 is 0. The molecule has 0 aliphatic heterocycles. The highest BCUT2D eigenvalue weighted by molar-refractivity contribution is 5.89. The zero-order chi connectivity index (χ0) is 19.6. The SMILES string of the molecule is Cc1cc2occ(CC(=O)O[C@H](C(=O)N(C)C)c3ccccc3)c2cc1C. The van der Waals surface area contributed by atoms with Gasteiger partial charge in [-0.15, -0.1) is 0 Å². The summed E-state index contributed by atoms with van der Waals surface area (Å²) in [7, 11) is 3.28. The number of ether oxygens (including phenoxy) is 1. The molecule has 1 heterocycles. The van der Waals surface area contributed by atoms with Gasteiger partial charge in [0.25, 0.3) is 5.91 Å². The molecule has 0 saturated carbocycles. The normalized spacial score (nSPS) is 12.0. The maximum Gasteiger partial charge on any atom is 0.311 e. The lowest BCUT2D eigenvalue weighted by atomic mass is 10.0. The first-order chi connectivity index (χ1) is 12.9. The third-order valence-corrected chi connectivity index (χ3v) is 4.62. The molecule has 1 amide bonds. The summed E-state index contributed by atoms with van der Waals surface area (Å²) in [5.74, 6) is -0.752. The lowest BCUT2D eigenvalue weighted by molar-refractivity contribution is -0.159. The predicted octanol–water partition coefficient (Wildman–Crippen LogP) is 3.96. The summed E-state index contributed by atoms with van der Waals surface area (Å²) in [6.07, 6.45) is 0.658. The number of furan rings is 1. The Balaban J connectivity index is 1.82. The van der Waals surface area contributed by atoms with E-state index in [1.165, 1.54) is 4.90 Å². The summed E-state index contributed by atoms with van der Waals surface area (Å²) in [4.78, 5) is 26.5. The molecule has 0 bridgehead atoms. The largest absolute Gasteiger partial charge is 0.464 e. The fourth-order valence-corrected chi connectivity index (χ4v) is 2.93.